The van der Waals surface area contributed by atoms with Gasteiger partial charge >= 0.3 is 6.18 Å². The number of rotatable bonds is 5. The highest BCUT2D eigenvalue weighted by Crippen LogP contribution is 2.30. The van der Waals surface area contributed by atoms with Gasteiger partial charge < -0.3 is 10.1 Å². The van der Waals surface area contributed by atoms with Crippen LogP contribution in [0.5, 0.6) is 0 Å². The SMILES string of the molecule is COCC(C)NC(=O)C=C(C)c1cccc(C(F)(F)F)c1. The van der Waals surface area contributed by atoms with E-state index < -0.39 is 11.7 Å². The van der Waals surface area contributed by atoms with Crippen molar-refractivity contribution >= 4 is 11.5 Å². The van der Waals surface area contributed by atoms with Crippen LogP contribution in [0.1, 0.15) is 25.0 Å². The number of halogens is 3. The molecule has 0 saturated carbocycles. The molecule has 116 valence electrons. The molecule has 1 aromatic rings. The van der Waals surface area contributed by atoms with Crippen molar-refractivity contribution in [2.75, 3.05) is 13.7 Å². The molecule has 1 aromatic carbocycles. The summed E-state index contributed by atoms with van der Waals surface area (Å²) in [5.41, 5.74) is 0.0866. The molecule has 1 unspecified atom stereocenters. The minimum absolute atomic E-state index is 0.173. The lowest BCUT2D eigenvalue weighted by molar-refractivity contribution is -0.137. The van der Waals surface area contributed by atoms with Gasteiger partial charge in [-0.1, -0.05) is 12.1 Å². The molecule has 0 aromatic heterocycles. The van der Waals surface area contributed by atoms with Crippen molar-refractivity contribution in [3.8, 4) is 0 Å². The van der Waals surface area contributed by atoms with Crippen LogP contribution < -0.4 is 5.32 Å². The van der Waals surface area contributed by atoms with Crippen LogP contribution in [0.3, 0.4) is 0 Å². The van der Waals surface area contributed by atoms with Gasteiger partial charge in [0.25, 0.3) is 0 Å². The summed E-state index contributed by atoms with van der Waals surface area (Å²) < 4.78 is 42.8. The van der Waals surface area contributed by atoms with Crippen molar-refractivity contribution in [1.29, 1.82) is 0 Å². The molecule has 0 aliphatic heterocycles. The number of benzene rings is 1. The van der Waals surface area contributed by atoms with Gasteiger partial charge in [0, 0.05) is 19.2 Å². The molecule has 0 aliphatic rings. The zero-order chi connectivity index (χ0) is 16.0. The van der Waals surface area contributed by atoms with Crippen LogP contribution in [0.2, 0.25) is 0 Å². The average molecular weight is 301 g/mol. The summed E-state index contributed by atoms with van der Waals surface area (Å²) in [5, 5.41) is 2.66. The summed E-state index contributed by atoms with van der Waals surface area (Å²) in [7, 11) is 1.52. The lowest BCUT2D eigenvalue weighted by Gasteiger charge is -2.12. The summed E-state index contributed by atoms with van der Waals surface area (Å²) in [4.78, 5) is 11.7. The number of methoxy groups -OCH3 is 1. The van der Waals surface area contributed by atoms with Crippen LogP contribution in [-0.2, 0) is 15.7 Å². The van der Waals surface area contributed by atoms with Crippen LogP contribution in [0.4, 0.5) is 13.2 Å². The van der Waals surface area contributed by atoms with E-state index >= 15 is 0 Å². The Morgan fingerprint density at radius 1 is 1.43 bits per heavy atom. The van der Waals surface area contributed by atoms with E-state index in [4.69, 9.17) is 4.74 Å². The van der Waals surface area contributed by atoms with E-state index in [9.17, 15) is 18.0 Å². The van der Waals surface area contributed by atoms with E-state index in [1.807, 2.05) is 0 Å². The standard InChI is InChI=1S/C15H18F3NO2/c1-10(7-14(20)19-11(2)9-21-3)12-5-4-6-13(8-12)15(16,17)18/h4-8,11H,9H2,1-3H3,(H,19,20). The Kier molecular flexibility index (Phi) is 5.96. The second kappa shape index (κ2) is 7.26. The quantitative estimate of drug-likeness (QED) is 0.848. The Morgan fingerprint density at radius 2 is 2.10 bits per heavy atom. The molecule has 0 fully saturated rings. The molecule has 6 heteroatoms. The number of hydrogen-bond donors (Lipinski definition) is 1. The van der Waals surface area contributed by atoms with Gasteiger partial charge in [0.1, 0.15) is 0 Å². The molecule has 0 spiro atoms. The molecule has 0 radical (unpaired) electrons. The number of carbonyl (C=O) groups is 1. The van der Waals surface area contributed by atoms with Crippen molar-refractivity contribution < 1.29 is 22.7 Å². The van der Waals surface area contributed by atoms with Gasteiger partial charge in [0.05, 0.1) is 12.2 Å². The Bertz CT molecular complexity index is 524. The van der Waals surface area contributed by atoms with Crippen molar-refractivity contribution in [3.63, 3.8) is 0 Å². The van der Waals surface area contributed by atoms with Gasteiger partial charge in [-0.25, -0.2) is 0 Å². The normalized spacial score (nSPS) is 13.9. The van der Waals surface area contributed by atoms with Crippen LogP contribution >= 0.6 is 0 Å². The van der Waals surface area contributed by atoms with Crippen LogP contribution in [0.15, 0.2) is 30.3 Å². The van der Waals surface area contributed by atoms with Crippen molar-refractivity contribution in [3.05, 3.63) is 41.5 Å². The van der Waals surface area contributed by atoms with Gasteiger partial charge in [0.15, 0.2) is 0 Å². The van der Waals surface area contributed by atoms with Gasteiger partial charge in [-0.2, -0.15) is 13.2 Å². The third-order valence-electron chi connectivity index (χ3n) is 2.80. The van der Waals surface area contributed by atoms with Gasteiger partial charge in [-0.15, -0.1) is 0 Å². The second-order valence-corrected chi connectivity index (χ2v) is 4.77. The van der Waals surface area contributed by atoms with Crippen LogP contribution in [0, 0.1) is 0 Å². The lowest BCUT2D eigenvalue weighted by atomic mass is 10.0. The maximum absolute atomic E-state index is 12.6. The van der Waals surface area contributed by atoms with E-state index in [2.05, 4.69) is 5.32 Å². The Morgan fingerprint density at radius 3 is 2.67 bits per heavy atom. The fraction of sp³-hybridized carbons (Fsp3) is 0.400. The predicted molar refractivity (Wildman–Crippen MR) is 74.6 cm³/mol. The number of hydrogen-bond acceptors (Lipinski definition) is 2. The lowest BCUT2D eigenvalue weighted by Crippen LogP contribution is -2.34. The molecule has 21 heavy (non-hydrogen) atoms. The van der Waals surface area contributed by atoms with E-state index in [0.717, 1.165) is 12.1 Å². The fourth-order valence-corrected chi connectivity index (χ4v) is 1.80. The second-order valence-electron chi connectivity index (χ2n) is 4.77. The summed E-state index contributed by atoms with van der Waals surface area (Å²) in [6.45, 7) is 3.73. The molecule has 1 atom stereocenters. The third-order valence-corrected chi connectivity index (χ3v) is 2.80. The first-order valence-corrected chi connectivity index (χ1v) is 6.39. The highest BCUT2D eigenvalue weighted by molar-refractivity contribution is 5.95. The number of allylic oxidation sites excluding steroid dienone is 1. The predicted octanol–water partition coefficient (Wildman–Crippen LogP) is 3.26. The smallest absolute Gasteiger partial charge is 0.383 e. The molecular formula is C15H18F3NO2. The minimum atomic E-state index is -4.40. The van der Waals surface area contributed by atoms with Gasteiger partial charge in [-0.3, -0.25) is 4.79 Å². The van der Waals surface area contributed by atoms with Crippen molar-refractivity contribution in [2.45, 2.75) is 26.1 Å². The van der Waals surface area contributed by atoms with E-state index in [1.54, 1.807) is 13.8 Å². The zero-order valence-electron chi connectivity index (χ0n) is 12.1. The Labute approximate surface area is 121 Å². The van der Waals surface area contributed by atoms with Crippen LogP contribution in [-0.4, -0.2) is 25.7 Å². The zero-order valence-corrected chi connectivity index (χ0v) is 12.1. The molecule has 0 saturated heterocycles. The summed E-state index contributed by atoms with van der Waals surface area (Å²) in [6.07, 6.45) is -3.12. The Balaban J connectivity index is 2.85. The molecule has 0 bridgehead atoms. The third kappa shape index (κ3) is 5.59. The Hall–Kier alpha value is -1.82. The highest BCUT2D eigenvalue weighted by atomic mass is 19.4. The molecule has 1 N–H and O–H groups in total. The number of carbonyl (C=O) groups excluding carboxylic acids is 1. The molecule has 0 heterocycles. The van der Waals surface area contributed by atoms with Gasteiger partial charge in [0.2, 0.25) is 5.91 Å². The fourth-order valence-electron chi connectivity index (χ4n) is 1.80. The molecule has 1 rings (SSSR count). The summed E-state index contributed by atoms with van der Waals surface area (Å²) in [6, 6.07) is 4.70. The molecular weight excluding hydrogens is 283 g/mol. The summed E-state index contributed by atoms with van der Waals surface area (Å²) >= 11 is 0. The minimum Gasteiger partial charge on any atom is -0.383 e. The highest BCUT2D eigenvalue weighted by Gasteiger charge is 2.30. The molecule has 3 nitrogen and oxygen atoms in total. The first kappa shape index (κ1) is 17.2. The maximum atomic E-state index is 12.6. The van der Waals surface area contributed by atoms with E-state index in [0.29, 0.717) is 17.7 Å². The largest absolute Gasteiger partial charge is 0.416 e. The topological polar surface area (TPSA) is 38.3 Å². The van der Waals surface area contributed by atoms with Crippen LogP contribution in [0.25, 0.3) is 5.57 Å². The first-order chi connectivity index (χ1) is 9.74. The van der Waals surface area contributed by atoms with E-state index in [1.165, 1.54) is 25.3 Å². The molecule has 0 aliphatic carbocycles. The number of ether oxygens (including phenoxy) is 1. The maximum Gasteiger partial charge on any atom is 0.416 e. The molecule has 1 amide bonds. The monoisotopic (exact) mass is 301 g/mol. The number of alkyl halides is 3. The number of amides is 1. The summed E-state index contributed by atoms with van der Waals surface area (Å²) in [5.74, 6) is -0.366. The van der Waals surface area contributed by atoms with Crippen molar-refractivity contribution in [1.82, 2.24) is 5.32 Å². The van der Waals surface area contributed by atoms with Gasteiger partial charge in [-0.05, 0) is 37.1 Å². The average Bonchev–Trinajstić information content (AvgIpc) is 2.37. The number of nitrogens with one attached hydrogen (secondary N) is 1. The van der Waals surface area contributed by atoms with Crippen molar-refractivity contribution in [2.24, 2.45) is 0 Å². The van der Waals surface area contributed by atoms with E-state index in [-0.39, 0.29) is 11.9 Å². The first-order valence-electron chi connectivity index (χ1n) is 6.39.